The van der Waals surface area contributed by atoms with Gasteiger partial charge in [-0.25, -0.2) is 9.97 Å². The van der Waals surface area contributed by atoms with Crippen LogP contribution in [0.3, 0.4) is 0 Å². The smallest absolute Gasteiger partial charge is 0.268 e. The van der Waals surface area contributed by atoms with Gasteiger partial charge in [-0.15, -0.1) is 11.3 Å². The van der Waals surface area contributed by atoms with Gasteiger partial charge in [-0.3, -0.25) is 8.75 Å². The second-order valence-electron chi connectivity index (χ2n) is 5.57. The number of aryl methyl sites for hydroxylation is 3. The second kappa shape index (κ2) is 6.30. The molecule has 24 heavy (non-hydrogen) atoms. The van der Waals surface area contributed by atoms with Gasteiger partial charge in [0.2, 0.25) is 0 Å². The monoisotopic (exact) mass is 353 g/mol. The van der Waals surface area contributed by atoms with Crippen molar-refractivity contribution in [2.45, 2.75) is 19.9 Å². The summed E-state index contributed by atoms with van der Waals surface area (Å²) in [7, 11) is 0. The lowest BCUT2D eigenvalue weighted by atomic mass is 10.1. The molecule has 3 aromatic heterocycles. The molecule has 0 saturated heterocycles. The number of benzene rings is 1. The van der Waals surface area contributed by atoms with Crippen LogP contribution in [0.5, 0.6) is 0 Å². The number of nitrogens with zero attached hydrogens (tertiary/aromatic N) is 3. The van der Waals surface area contributed by atoms with Crippen LogP contribution in [0.1, 0.15) is 10.7 Å². The summed E-state index contributed by atoms with van der Waals surface area (Å²) in [5, 5.41) is 3.79. The molecule has 4 rings (SSSR count). The lowest BCUT2D eigenvalue weighted by Crippen LogP contribution is -2.14. The third kappa shape index (κ3) is 2.90. The molecule has 4 aromatic rings. The van der Waals surface area contributed by atoms with Crippen molar-refractivity contribution in [3.63, 3.8) is 0 Å². The van der Waals surface area contributed by atoms with E-state index in [1.165, 1.54) is 11.5 Å². The van der Waals surface area contributed by atoms with Crippen molar-refractivity contribution in [1.82, 2.24) is 13.9 Å². The number of rotatable bonds is 4. The van der Waals surface area contributed by atoms with E-state index in [9.17, 15) is 4.79 Å². The van der Waals surface area contributed by atoms with E-state index in [0.717, 1.165) is 33.1 Å². The molecule has 0 spiro atoms. The normalized spacial score (nSPS) is 11.2. The van der Waals surface area contributed by atoms with E-state index in [-0.39, 0.29) is 5.56 Å². The Morgan fingerprint density at radius 2 is 2.00 bits per heavy atom. The van der Waals surface area contributed by atoms with E-state index in [2.05, 4.69) is 9.97 Å². The van der Waals surface area contributed by atoms with Crippen molar-refractivity contribution < 1.29 is 0 Å². The first-order chi connectivity index (χ1) is 11.7. The zero-order valence-corrected chi connectivity index (χ0v) is 14.7. The van der Waals surface area contributed by atoms with Gasteiger partial charge in [-0.05, 0) is 30.1 Å². The van der Waals surface area contributed by atoms with E-state index >= 15 is 0 Å². The van der Waals surface area contributed by atoms with Crippen LogP contribution in [-0.4, -0.2) is 13.9 Å². The standard InChI is InChI=1S/C18H15N3OS2/c1-12-11-23-16(20-12)7-8-21-18(22)15-9-14(10-19-17(15)24-21)13-5-3-2-4-6-13/h2-6,9-11H,7-8H2,1H3. The summed E-state index contributed by atoms with van der Waals surface area (Å²) in [6.07, 6.45) is 2.61. The van der Waals surface area contributed by atoms with E-state index in [0.29, 0.717) is 11.9 Å². The van der Waals surface area contributed by atoms with Crippen molar-refractivity contribution in [1.29, 1.82) is 0 Å². The first kappa shape index (κ1) is 15.2. The molecular formula is C18H15N3OS2. The summed E-state index contributed by atoms with van der Waals surface area (Å²) in [5.74, 6) is 0. The van der Waals surface area contributed by atoms with Gasteiger partial charge in [0.15, 0.2) is 0 Å². The summed E-state index contributed by atoms with van der Waals surface area (Å²) in [4.78, 5) is 22.4. The molecule has 0 aliphatic heterocycles. The van der Waals surface area contributed by atoms with Crippen molar-refractivity contribution in [2.24, 2.45) is 0 Å². The molecule has 0 fully saturated rings. The molecule has 0 amide bonds. The molecule has 0 saturated carbocycles. The summed E-state index contributed by atoms with van der Waals surface area (Å²) >= 11 is 3.07. The van der Waals surface area contributed by atoms with Gasteiger partial charge in [-0.1, -0.05) is 30.3 Å². The molecule has 0 bridgehead atoms. The van der Waals surface area contributed by atoms with E-state index in [4.69, 9.17) is 0 Å². The second-order valence-corrected chi connectivity index (χ2v) is 7.53. The number of hydrogen-bond acceptors (Lipinski definition) is 5. The topological polar surface area (TPSA) is 47.8 Å². The van der Waals surface area contributed by atoms with Crippen LogP contribution in [-0.2, 0) is 13.0 Å². The predicted molar refractivity (Wildman–Crippen MR) is 99.9 cm³/mol. The van der Waals surface area contributed by atoms with Gasteiger partial charge >= 0.3 is 0 Å². The number of hydrogen-bond donors (Lipinski definition) is 0. The molecule has 0 N–H and O–H groups in total. The van der Waals surface area contributed by atoms with E-state index < -0.39 is 0 Å². The predicted octanol–water partition coefficient (Wildman–Crippen LogP) is 4.13. The van der Waals surface area contributed by atoms with Crippen molar-refractivity contribution >= 4 is 33.1 Å². The van der Waals surface area contributed by atoms with Crippen LogP contribution in [0.2, 0.25) is 0 Å². The minimum Gasteiger partial charge on any atom is -0.268 e. The van der Waals surface area contributed by atoms with Crippen LogP contribution in [0.15, 0.2) is 52.8 Å². The maximum absolute atomic E-state index is 12.7. The molecule has 3 heterocycles. The minimum absolute atomic E-state index is 0.0357. The highest BCUT2D eigenvalue weighted by molar-refractivity contribution is 7.13. The molecule has 0 radical (unpaired) electrons. The molecule has 0 aliphatic carbocycles. The van der Waals surface area contributed by atoms with E-state index in [1.807, 2.05) is 54.9 Å². The maximum Gasteiger partial charge on any atom is 0.270 e. The average molecular weight is 353 g/mol. The zero-order valence-electron chi connectivity index (χ0n) is 13.1. The lowest BCUT2D eigenvalue weighted by molar-refractivity contribution is 0.732. The molecule has 4 nitrogen and oxygen atoms in total. The molecule has 120 valence electrons. The Morgan fingerprint density at radius 3 is 2.75 bits per heavy atom. The van der Waals surface area contributed by atoms with Crippen LogP contribution < -0.4 is 5.56 Å². The minimum atomic E-state index is 0.0357. The fourth-order valence-corrected chi connectivity index (χ4v) is 4.29. The SMILES string of the molecule is Cc1csc(CCn2sc3ncc(-c4ccccc4)cc3c2=O)n1. The maximum atomic E-state index is 12.7. The number of fused-ring (bicyclic) bond motifs is 1. The fraction of sp³-hybridized carbons (Fsp3) is 0.167. The van der Waals surface area contributed by atoms with Crippen LogP contribution >= 0.6 is 22.9 Å². The average Bonchev–Trinajstić information content (AvgIpc) is 3.17. The molecule has 6 heteroatoms. The summed E-state index contributed by atoms with van der Waals surface area (Å²) in [6, 6.07) is 12.0. The molecule has 1 aromatic carbocycles. The third-order valence-corrected chi connectivity index (χ3v) is 5.90. The van der Waals surface area contributed by atoms with Crippen LogP contribution in [0, 0.1) is 6.92 Å². The van der Waals surface area contributed by atoms with Gasteiger partial charge in [0.25, 0.3) is 5.56 Å². The lowest BCUT2D eigenvalue weighted by Gasteiger charge is -1.99. The van der Waals surface area contributed by atoms with Crippen LogP contribution in [0.4, 0.5) is 0 Å². The number of pyridine rings is 1. The van der Waals surface area contributed by atoms with Crippen molar-refractivity contribution in [3.05, 3.63) is 69.0 Å². The first-order valence-electron chi connectivity index (χ1n) is 7.67. The summed E-state index contributed by atoms with van der Waals surface area (Å²) < 4.78 is 1.78. The quantitative estimate of drug-likeness (QED) is 0.554. The Labute approximate surface area is 147 Å². The molecule has 0 unspecified atom stereocenters. The zero-order chi connectivity index (χ0) is 16.5. The van der Waals surface area contributed by atoms with Crippen molar-refractivity contribution in [2.75, 3.05) is 0 Å². The van der Waals surface area contributed by atoms with Crippen molar-refractivity contribution in [3.8, 4) is 11.1 Å². The highest BCUT2D eigenvalue weighted by atomic mass is 32.1. The van der Waals surface area contributed by atoms with Gasteiger partial charge in [0.1, 0.15) is 4.83 Å². The largest absolute Gasteiger partial charge is 0.270 e. The number of aromatic nitrogens is 3. The Bertz CT molecular complexity index is 1050. The van der Waals surface area contributed by atoms with E-state index in [1.54, 1.807) is 15.3 Å². The molecular weight excluding hydrogens is 338 g/mol. The first-order valence-corrected chi connectivity index (χ1v) is 9.32. The highest BCUT2D eigenvalue weighted by Gasteiger charge is 2.11. The molecule has 0 atom stereocenters. The van der Waals surface area contributed by atoms with Crippen LogP contribution in [0.25, 0.3) is 21.3 Å². The molecule has 0 aliphatic rings. The number of thiazole rings is 1. The van der Waals surface area contributed by atoms with Gasteiger partial charge < -0.3 is 0 Å². The Hall–Kier alpha value is -2.31. The fourth-order valence-electron chi connectivity index (χ4n) is 2.61. The Kier molecular flexibility index (Phi) is 4.00. The summed E-state index contributed by atoms with van der Waals surface area (Å²) in [6.45, 7) is 2.63. The van der Waals surface area contributed by atoms with Gasteiger partial charge in [0, 0.05) is 35.8 Å². The summed E-state index contributed by atoms with van der Waals surface area (Å²) in [5.41, 5.74) is 3.12. The van der Waals surface area contributed by atoms with Gasteiger partial charge in [0.05, 0.1) is 10.4 Å². The highest BCUT2D eigenvalue weighted by Crippen LogP contribution is 2.23. The Morgan fingerprint density at radius 1 is 1.17 bits per heavy atom. The third-order valence-electron chi connectivity index (χ3n) is 3.81. The Balaban J connectivity index is 1.66. The van der Waals surface area contributed by atoms with Gasteiger partial charge in [-0.2, -0.15) is 0 Å².